The fourth-order valence-electron chi connectivity index (χ4n) is 1.78. The second kappa shape index (κ2) is 4.33. The average Bonchev–Trinajstić information content (AvgIpc) is 2.92. The normalized spacial score (nSPS) is 20.8. The van der Waals surface area contributed by atoms with Crippen LogP contribution in [0, 0.1) is 11.8 Å². The van der Waals surface area contributed by atoms with Crippen LogP contribution in [0.3, 0.4) is 0 Å². The zero-order chi connectivity index (χ0) is 10.1. The lowest BCUT2D eigenvalue weighted by Gasteiger charge is -2.17. The molecular formula is C11H15BrOS. The molecule has 1 aromatic heterocycles. The van der Waals surface area contributed by atoms with Crippen LogP contribution in [-0.4, -0.2) is 11.2 Å². The van der Waals surface area contributed by atoms with E-state index in [2.05, 4.69) is 34.3 Å². The molecule has 1 heterocycles. The third-order valence-electron chi connectivity index (χ3n) is 3.06. The van der Waals surface area contributed by atoms with Gasteiger partial charge in [-0.3, -0.25) is 0 Å². The first-order valence-corrected chi connectivity index (χ1v) is 6.75. The Morgan fingerprint density at radius 3 is 2.86 bits per heavy atom. The van der Waals surface area contributed by atoms with E-state index in [0.717, 1.165) is 16.8 Å². The molecule has 78 valence electrons. The minimum Gasteiger partial charge on any atom is -0.392 e. The summed E-state index contributed by atoms with van der Waals surface area (Å²) in [4.78, 5) is 1.27. The number of aliphatic hydroxyl groups excluding tert-OH is 1. The molecule has 1 N–H and O–H groups in total. The predicted octanol–water partition coefficient (Wildman–Crippen LogP) is 3.46. The lowest BCUT2D eigenvalue weighted by Crippen LogP contribution is -2.21. The molecule has 0 aromatic carbocycles. The lowest BCUT2D eigenvalue weighted by molar-refractivity contribution is 0.106. The van der Waals surface area contributed by atoms with E-state index in [4.69, 9.17) is 0 Å². The van der Waals surface area contributed by atoms with Crippen molar-refractivity contribution in [1.29, 1.82) is 0 Å². The van der Waals surface area contributed by atoms with Crippen molar-refractivity contribution in [3.8, 4) is 0 Å². The van der Waals surface area contributed by atoms with Gasteiger partial charge < -0.3 is 5.11 Å². The third kappa shape index (κ3) is 2.38. The van der Waals surface area contributed by atoms with Crippen LogP contribution in [0.1, 0.15) is 24.6 Å². The number of thiophene rings is 1. The van der Waals surface area contributed by atoms with E-state index < -0.39 is 0 Å². The highest BCUT2D eigenvalue weighted by Gasteiger charge is 2.32. The van der Waals surface area contributed by atoms with Gasteiger partial charge in [-0.25, -0.2) is 0 Å². The Bertz CT molecular complexity index is 306. The number of hydrogen-bond acceptors (Lipinski definition) is 2. The molecule has 1 aromatic rings. The van der Waals surface area contributed by atoms with E-state index in [9.17, 15) is 5.11 Å². The molecule has 0 aliphatic heterocycles. The van der Waals surface area contributed by atoms with Crippen molar-refractivity contribution >= 4 is 27.3 Å². The van der Waals surface area contributed by atoms with Crippen molar-refractivity contribution < 1.29 is 5.11 Å². The highest BCUT2D eigenvalue weighted by molar-refractivity contribution is 9.10. The van der Waals surface area contributed by atoms with E-state index in [1.165, 1.54) is 17.7 Å². The Balaban J connectivity index is 1.93. The van der Waals surface area contributed by atoms with E-state index in [0.29, 0.717) is 5.92 Å². The van der Waals surface area contributed by atoms with Gasteiger partial charge in [0.15, 0.2) is 0 Å². The average molecular weight is 275 g/mol. The minimum atomic E-state index is -0.169. The highest BCUT2D eigenvalue weighted by Crippen LogP contribution is 2.39. The number of hydrogen-bond donors (Lipinski definition) is 1. The zero-order valence-corrected chi connectivity index (χ0v) is 10.6. The van der Waals surface area contributed by atoms with Gasteiger partial charge in [-0.1, -0.05) is 6.92 Å². The molecule has 2 unspecified atom stereocenters. The molecule has 0 saturated heterocycles. The van der Waals surface area contributed by atoms with Gasteiger partial charge in [-0.05, 0) is 52.1 Å². The Hall–Kier alpha value is 0.140. The molecule has 0 bridgehead atoms. The van der Waals surface area contributed by atoms with Crippen molar-refractivity contribution in [2.75, 3.05) is 0 Å². The molecule has 2 rings (SSSR count). The van der Waals surface area contributed by atoms with E-state index >= 15 is 0 Å². The Labute approximate surface area is 97.3 Å². The molecule has 2 atom stereocenters. The maximum atomic E-state index is 10.0. The van der Waals surface area contributed by atoms with Gasteiger partial charge in [0, 0.05) is 15.8 Å². The summed E-state index contributed by atoms with van der Waals surface area (Å²) in [5.41, 5.74) is 0. The molecule has 1 fully saturated rings. The lowest BCUT2D eigenvalue weighted by atomic mass is 9.96. The van der Waals surface area contributed by atoms with Gasteiger partial charge in [0.25, 0.3) is 0 Å². The SMILES string of the molecule is CC(C(O)Cc1sccc1Br)C1CC1. The van der Waals surface area contributed by atoms with Gasteiger partial charge >= 0.3 is 0 Å². The third-order valence-corrected chi connectivity index (χ3v) is 5.01. The molecule has 0 radical (unpaired) electrons. The highest BCUT2D eigenvalue weighted by atomic mass is 79.9. The summed E-state index contributed by atoms with van der Waals surface area (Å²) in [6.07, 6.45) is 3.25. The van der Waals surface area contributed by atoms with Crippen LogP contribution in [0.15, 0.2) is 15.9 Å². The van der Waals surface area contributed by atoms with Crippen molar-refractivity contribution in [3.05, 3.63) is 20.8 Å². The number of rotatable bonds is 4. The quantitative estimate of drug-likeness (QED) is 0.892. The summed E-state index contributed by atoms with van der Waals surface area (Å²) in [5.74, 6) is 1.24. The van der Waals surface area contributed by atoms with Gasteiger partial charge in [0.1, 0.15) is 0 Å². The van der Waals surface area contributed by atoms with E-state index in [-0.39, 0.29) is 6.10 Å². The fraction of sp³-hybridized carbons (Fsp3) is 0.636. The predicted molar refractivity (Wildman–Crippen MR) is 63.6 cm³/mol. The van der Waals surface area contributed by atoms with Gasteiger partial charge in [0.05, 0.1) is 6.10 Å². The van der Waals surface area contributed by atoms with Crippen molar-refractivity contribution in [1.82, 2.24) is 0 Å². The molecule has 0 spiro atoms. The van der Waals surface area contributed by atoms with Crippen molar-refractivity contribution in [3.63, 3.8) is 0 Å². The summed E-state index contributed by atoms with van der Waals surface area (Å²) in [5, 5.41) is 12.1. The minimum absolute atomic E-state index is 0.169. The van der Waals surface area contributed by atoms with Crippen LogP contribution in [-0.2, 0) is 6.42 Å². The molecule has 0 amide bonds. The Morgan fingerprint density at radius 2 is 2.36 bits per heavy atom. The molecule has 1 aliphatic carbocycles. The first-order chi connectivity index (χ1) is 6.68. The topological polar surface area (TPSA) is 20.2 Å². The first-order valence-electron chi connectivity index (χ1n) is 5.08. The van der Waals surface area contributed by atoms with Crippen LogP contribution in [0.2, 0.25) is 0 Å². The zero-order valence-electron chi connectivity index (χ0n) is 8.24. The molecule has 3 heteroatoms. The monoisotopic (exact) mass is 274 g/mol. The van der Waals surface area contributed by atoms with Crippen molar-refractivity contribution in [2.45, 2.75) is 32.3 Å². The van der Waals surface area contributed by atoms with Crippen LogP contribution in [0.5, 0.6) is 0 Å². The van der Waals surface area contributed by atoms with Gasteiger partial charge in [-0.15, -0.1) is 11.3 Å². The van der Waals surface area contributed by atoms with Crippen LogP contribution in [0.4, 0.5) is 0 Å². The maximum Gasteiger partial charge on any atom is 0.0617 e. The number of halogens is 1. The van der Waals surface area contributed by atoms with Crippen LogP contribution in [0.25, 0.3) is 0 Å². The molecule has 1 saturated carbocycles. The maximum absolute atomic E-state index is 10.0. The Morgan fingerprint density at radius 1 is 1.64 bits per heavy atom. The first kappa shape index (κ1) is 10.7. The van der Waals surface area contributed by atoms with Crippen molar-refractivity contribution in [2.24, 2.45) is 11.8 Å². The van der Waals surface area contributed by atoms with E-state index in [1.54, 1.807) is 11.3 Å². The van der Waals surface area contributed by atoms with E-state index in [1.807, 2.05) is 0 Å². The molecular weight excluding hydrogens is 260 g/mol. The summed E-state index contributed by atoms with van der Waals surface area (Å²) < 4.78 is 1.14. The standard InChI is InChI=1S/C11H15BrOS/c1-7(8-2-3-8)10(13)6-11-9(12)4-5-14-11/h4-5,7-8,10,13H,2-3,6H2,1H3. The summed E-state index contributed by atoms with van der Waals surface area (Å²) in [7, 11) is 0. The van der Waals surface area contributed by atoms with Crippen LogP contribution >= 0.6 is 27.3 Å². The van der Waals surface area contributed by atoms with Gasteiger partial charge in [-0.2, -0.15) is 0 Å². The van der Waals surface area contributed by atoms with Crippen LogP contribution < -0.4 is 0 Å². The number of aliphatic hydroxyl groups is 1. The Kier molecular flexibility index (Phi) is 3.30. The molecule has 14 heavy (non-hydrogen) atoms. The summed E-state index contributed by atoms with van der Waals surface area (Å²) in [6.45, 7) is 2.17. The summed E-state index contributed by atoms with van der Waals surface area (Å²) in [6, 6.07) is 2.05. The molecule has 1 aliphatic rings. The van der Waals surface area contributed by atoms with Gasteiger partial charge in [0.2, 0.25) is 0 Å². The smallest absolute Gasteiger partial charge is 0.0617 e. The largest absolute Gasteiger partial charge is 0.392 e. The second-order valence-corrected chi connectivity index (χ2v) is 6.01. The second-order valence-electron chi connectivity index (χ2n) is 4.16. The molecule has 1 nitrogen and oxygen atoms in total. The fourth-order valence-corrected chi connectivity index (χ4v) is 3.35. The summed E-state index contributed by atoms with van der Waals surface area (Å²) >= 11 is 5.22.